The molecule has 0 unspecified atom stereocenters. The number of amides is 1. The normalized spacial score (nSPS) is 10.6. The lowest BCUT2D eigenvalue weighted by molar-refractivity contribution is 0.102. The van der Waals surface area contributed by atoms with Crippen molar-refractivity contribution in [2.45, 2.75) is 33.6 Å². The maximum absolute atomic E-state index is 13.7. The molecule has 2 rings (SSSR count). The number of aromatic nitrogens is 2. The highest BCUT2D eigenvalue weighted by atomic mass is 19.1. The Morgan fingerprint density at radius 3 is 2.40 bits per heavy atom. The zero-order valence-corrected chi connectivity index (χ0v) is 14.6. The van der Waals surface area contributed by atoms with Gasteiger partial charge < -0.3 is 10.2 Å². The van der Waals surface area contributed by atoms with Gasteiger partial charge in [0.15, 0.2) is 0 Å². The number of carbonyl (C=O) groups excluding carboxylic acids is 1. The van der Waals surface area contributed by atoms with Gasteiger partial charge in [-0.3, -0.25) is 4.79 Å². The van der Waals surface area contributed by atoms with E-state index in [9.17, 15) is 13.6 Å². The second-order valence-electron chi connectivity index (χ2n) is 5.76. The molecule has 25 heavy (non-hydrogen) atoms. The van der Waals surface area contributed by atoms with Crippen molar-refractivity contribution >= 4 is 17.5 Å². The molecule has 1 aromatic heterocycles. The van der Waals surface area contributed by atoms with Gasteiger partial charge in [-0.1, -0.05) is 13.8 Å². The van der Waals surface area contributed by atoms with Gasteiger partial charge in [-0.15, -0.1) is 0 Å². The summed E-state index contributed by atoms with van der Waals surface area (Å²) in [6.45, 7) is 7.46. The fraction of sp³-hybridized carbons (Fsp3) is 0.389. The van der Waals surface area contributed by atoms with Crippen LogP contribution in [0.3, 0.4) is 0 Å². The quantitative estimate of drug-likeness (QED) is 0.823. The first-order chi connectivity index (χ1) is 11.9. The van der Waals surface area contributed by atoms with E-state index in [1.54, 1.807) is 6.92 Å². The highest BCUT2D eigenvalue weighted by molar-refractivity contribution is 6.03. The first-order valence-corrected chi connectivity index (χ1v) is 8.31. The van der Waals surface area contributed by atoms with E-state index < -0.39 is 17.5 Å². The summed E-state index contributed by atoms with van der Waals surface area (Å²) in [5.74, 6) is -1.62. The number of nitrogens with one attached hydrogen (secondary N) is 1. The summed E-state index contributed by atoms with van der Waals surface area (Å²) in [5, 5.41) is 2.42. The smallest absolute Gasteiger partial charge is 0.274 e. The second-order valence-corrected chi connectivity index (χ2v) is 5.76. The van der Waals surface area contributed by atoms with Crippen LogP contribution in [0.1, 0.15) is 42.9 Å². The molecule has 134 valence electrons. The minimum absolute atomic E-state index is 0.0943. The van der Waals surface area contributed by atoms with Gasteiger partial charge in [-0.05, 0) is 38.0 Å². The van der Waals surface area contributed by atoms with Crippen LogP contribution in [0.2, 0.25) is 0 Å². The van der Waals surface area contributed by atoms with Crippen molar-refractivity contribution in [2.24, 2.45) is 0 Å². The lowest BCUT2D eigenvalue weighted by Gasteiger charge is -2.22. The van der Waals surface area contributed by atoms with E-state index in [2.05, 4.69) is 29.1 Å². The van der Waals surface area contributed by atoms with E-state index in [1.807, 2.05) is 4.90 Å². The van der Waals surface area contributed by atoms with Crippen LogP contribution in [-0.2, 0) is 0 Å². The summed E-state index contributed by atoms with van der Waals surface area (Å²) in [6, 6.07) is 4.52. The topological polar surface area (TPSA) is 58.1 Å². The molecule has 1 N–H and O–H groups in total. The van der Waals surface area contributed by atoms with Crippen molar-refractivity contribution in [2.75, 3.05) is 23.3 Å². The molecular formula is C18H22F2N4O. The van der Waals surface area contributed by atoms with Crippen molar-refractivity contribution in [3.05, 3.63) is 47.3 Å². The van der Waals surface area contributed by atoms with E-state index in [4.69, 9.17) is 0 Å². The Balaban J connectivity index is 2.27. The SMILES string of the molecule is CCCN(CCC)c1nc(C)cc(C(=O)Nc2ccc(F)cc2F)n1. The van der Waals surface area contributed by atoms with Crippen LogP contribution >= 0.6 is 0 Å². The summed E-state index contributed by atoms with van der Waals surface area (Å²) in [5.41, 5.74) is 0.693. The van der Waals surface area contributed by atoms with E-state index in [0.717, 1.165) is 38.1 Å². The first kappa shape index (κ1) is 18.8. The molecule has 0 saturated heterocycles. The Morgan fingerprint density at radius 1 is 1.12 bits per heavy atom. The average Bonchev–Trinajstić information content (AvgIpc) is 2.56. The third-order valence-electron chi connectivity index (χ3n) is 3.52. The lowest BCUT2D eigenvalue weighted by atomic mass is 10.2. The van der Waals surface area contributed by atoms with E-state index in [0.29, 0.717) is 11.6 Å². The van der Waals surface area contributed by atoms with Crippen LogP contribution < -0.4 is 10.2 Å². The molecule has 1 aromatic carbocycles. The van der Waals surface area contributed by atoms with E-state index in [1.165, 1.54) is 12.1 Å². The molecule has 1 amide bonds. The Kier molecular flexibility index (Phi) is 6.38. The summed E-state index contributed by atoms with van der Waals surface area (Å²) >= 11 is 0. The highest BCUT2D eigenvalue weighted by Gasteiger charge is 2.16. The number of nitrogens with zero attached hydrogens (tertiary/aromatic N) is 3. The number of rotatable bonds is 7. The van der Waals surface area contributed by atoms with E-state index >= 15 is 0 Å². The first-order valence-electron chi connectivity index (χ1n) is 8.31. The summed E-state index contributed by atoms with van der Waals surface area (Å²) in [7, 11) is 0. The molecule has 0 radical (unpaired) electrons. The van der Waals surface area contributed by atoms with Crippen molar-refractivity contribution in [3.8, 4) is 0 Å². The van der Waals surface area contributed by atoms with Gasteiger partial charge in [-0.2, -0.15) is 0 Å². The number of anilines is 2. The van der Waals surface area contributed by atoms with Crippen LogP contribution in [0, 0.1) is 18.6 Å². The van der Waals surface area contributed by atoms with Crippen molar-refractivity contribution in [1.29, 1.82) is 0 Å². The fourth-order valence-electron chi connectivity index (χ4n) is 2.44. The Hall–Kier alpha value is -2.57. The molecule has 5 nitrogen and oxygen atoms in total. The van der Waals surface area contributed by atoms with Crippen molar-refractivity contribution < 1.29 is 13.6 Å². The Labute approximate surface area is 146 Å². The van der Waals surface area contributed by atoms with Gasteiger partial charge in [0, 0.05) is 24.8 Å². The zero-order chi connectivity index (χ0) is 18.4. The van der Waals surface area contributed by atoms with Gasteiger partial charge in [0.05, 0.1) is 5.69 Å². The maximum atomic E-state index is 13.7. The number of carbonyl (C=O) groups is 1. The van der Waals surface area contributed by atoms with Crippen molar-refractivity contribution in [1.82, 2.24) is 9.97 Å². The van der Waals surface area contributed by atoms with Crippen LogP contribution in [0.15, 0.2) is 24.3 Å². The number of hydrogen-bond acceptors (Lipinski definition) is 4. The molecule has 1 heterocycles. The van der Waals surface area contributed by atoms with Crippen LogP contribution in [0.25, 0.3) is 0 Å². The van der Waals surface area contributed by atoms with Gasteiger partial charge in [0.25, 0.3) is 5.91 Å². The number of halogens is 2. The zero-order valence-electron chi connectivity index (χ0n) is 14.6. The summed E-state index contributed by atoms with van der Waals surface area (Å²) < 4.78 is 26.7. The number of aryl methyl sites for hydroxylation is 1. The molecule has 2 aromatic rings. The average molecular weight is 348 g/mol. The molecule has 0 aliphatic carbocycles. The Bertz CT molecular complexity index is 746. The third kappa shape index (κ3) is 4.95. The van der Waals surface area contributed by atoms with Crippen LogP contribution in [0.5, 0.6) is 0 Å². The minimum Gasteiger partial charge on any atom is -0.341 e. The monoisotopic (exact) mass is 348 g/mol. The molecule has 0 spiro atoms. The predicted molar refractivity (Wildman–Crippen MR) is 93.9 cm³/mol. The molecule has 7 heteroatoms. The van der Waals surface area contributed by atoms with Gasteiger partial charge in [-0.25, -0.2) is 18.7 Å². The summed E-state index contributed by atoms with van der Waals surface area (Å²) in [4.78, 5) is 23.2. The van der Waals surface area contributed by atoms with Gasteiger partial charge >= 0.3 is 0 Å². The van der Waals surface area contributed by atoms with E-state index in [-0.39, 0.29) is 11.4 Å². The molecule has 0 fully saturated rings. The molecule has 0 atom stereocenters. The highest BCUT2D eigenvalue weighted by Crippen LogP contribution is 2.17. The molecule has 0 aliphatic heterocycles. The molecule has 0 saturated carbocycles. The third-order valence-corrected chi connectivity index (χ3v) is 3.52. The summed E-state index contributed by atoms with van der Waals surface area (Å²) in [6.07, 6.45) is 1.86. The number of hydrogen-bond donors (Lipinski definition) is 1. The van der Waals surface area contributed by atoms with Crippen LogP contribution in [-0.4, -0.2) is 29.0 Å². The van der Waals surface area contributed by atoms with Crippen molar-refractivity contribution in [3.63, 3.8) is 0 Å². The largest absolute Gasteiger partial charge is 0.341 e. The van der Waals surface area contributed by atoms with Gasteiger partial charge in [0.1, 0.15) is 17.3 Å². The molecule has 0 aliphatic rings. The van der Waals surface area contributed by atoms with Crippen LogP contribution in [0.4, 0.5) is 20.4 Å². The fourth-order valence-corrected chi connectivity index (χ4v) is 2.44. The minimum atomic E-state index is -0.835. The second kappa shape index (κ2) is 8.50. The number of benzene rings is 1. The predicted octanol–water partition coefficient (Wildman–Crippen LogP) is 3.94. The lowest BCUT2D eigenvalue weighted by Crippen LogP contribution is -2.28. The standard InChI is InChI=1S/C18H22F2N4O/c1-4-8-24(9-5-2)18-21-12(3)10-16(23-18)17(25)22-15-7-6-13(19)11-14(15)20/h6-7,10-11H,4-5,8-9H2,1-3H3,(H,22,25). The maximum Gasteiger partial charge on any atom is 0.274 e. The molecular weight excluding hydrogens is 326 g/mol. The molecule has 0 bridgehead atoms. The Morgan fingerprint density at radius 2 is 1.80 bits per heavy atom. The van der Waals surface area contributed by atoms with Gasteiger partial charge in [0.2, 0.25) is 5.95 Å².